The monoisotopic (exact) mass is 401 g/mol. The van der Waals surface area contributed by atoms with E-state index in [2.05, 4.69) is 31.9 Å². The molecule has 4 rings (SSSR count). The Hall–Kier alpha value is -2.67. The average Bonchev–Trinajstić information content (AvgIpc) is 3.31. The van der Waals surface area contributed by atoms with Crippen molar-refractivity contribution in [3.05, 3.63) is 39.6 Å². The largest absolute Gasteiger partial charge is 0.371 e. The molecular weight excluding hydrogens is 386 g/mol. The highest BCUT2D eigenvalue weighted by Gasteiger charge is 2.25. The zero-order valence-corrected chi connectivity index (χ0v) is 16.0. The van der Waals surface area contributed by atoms with Crippen molar-refractivity contribution >= 4 is 40.5 Å². The molecule has 3 aromatic rings. The second kappa shape index (κ2) is 6.81. The fraction of sp³-hybridized carbons (Fsp3) is 0.294. The van der Waals surface area contributed by atoms with Gasteiger partial charge in [-0.05, 0) is 19.3 Å². The lowest BCUT2D eigenvalue weighted by atomic mass is 10.1. The summed E-state index contributed by atoms with van der Waals surface area (Å²) in [4.78, 5) is 14.2. The van der Waals surface area contributed by atoms with Crippen LogP contribution in [0.15, 0.2) is 23.8 Å². The Morgan fingerprint density at radius 2 is 2.22 bits per heavy atom. The Morgan fingerprint density at radius 1 is 1.37 bits per heavy atom. The van der Waals surface area contributed by atoms with Gasteiger partial charge in [0.05, 0.1) is 6.20 Å². The molecule has 0 amide bonds. The van der Waals surface area contributed by atoms with Crippen LogP contribution < -0.4 is 10.6 Å². The fourth-order valence-electron chi connectivity index (χ4n) is 2.82. The first-order valence-corrected chi connectivity index (χ1v) is 9.49. The number of nitrogen functional groups attached to an aromatic ring is 1. The molecule has 8 nitrogen and oxygen atoms in total. The van der Waals surface area contributed by atoms with Crippen molar-refractivity contribution < 1.29 is 5.11 Å². The Kier molecular flexibility index (Phi) is 4.47. The molecule has 0 aromatic carbocycles. The summed E-state index contributed by atoms with van der Waals surface area (Å²) in [6.07, 6.45) is 4.00. The second-order valence-electron chi connectivity index (χ2n) is 6.18. The molecule has 10 heteroatoms. The van der Waals surface area contributed by atoms with Crippen LogP contribution in [0, 0.1) is 11.8 Å². The van der Waals surface area contributed by atoms with Crippen LogP contribution in [0.4, 0.5) is 17.6 Å². The quantitative estimate of drug-likeness (QED) is 0.634. The predicted octanol–water partition coefficient (Wildman–Crippen LogP) is 2.17. The Morgan fingerprint density at radius 3 is 3.00 bits per heavy atom. The van der Waals surface area contributed by atoms with Gasteiger partial charge < -0.3 is 15.7 Å². The average molecular weight is 402 g/mol. The SMILES string of the molecule is CC(O)(C#Cc1cc2n(n1)CCCN2c1nc(N)ncc1Cl)c1nccs1. The van der Waals surface area contributed by atoms with Gasteiger partial charge in [0, 0.05) is 30.7 Å². The molecule has 0 saturated carbocycles. The highest BCUT2D eigenvalue weighted by Crippen LogP contribution is 2.33. The molecular formula is C17H16ClN7OS. The number of thiazole rings is 1. The topological polar surface area (TPSA) is 106 Å². The van der Waals surface area contributed by atoms with Crippen LogP contribution in [0.2, 0.25) is 5.02 Å². The van der Waals surface area contributed by atoms with Crippen molar-refractivity contribution in [2.75, 3.05) is 17.2 Å². The molecule has 0 saturated heterocycles. The summed E-state index contributed by atoms with van der Waals surface area (Å²) in [6.45, 7) is 3.10. The number of hydrogen-bond acceptors (Lipinski definition) is 8. The highest BCUT2D eigenvalue weighted by atomic mass is 35.5. The van der Waals surface area contributed by atoms with Crippen LogP contribution in [-0.2, 0) is 12.1 Å². The summed E-state index contributed by atoms with van der Waals surface area (Å²) in [7, 11) is 0. The van der Waals surface area contributed by atoms with Crippen molar-refractivity contribution in [1.82, 2.24) is 24.7 Å². The van der Waals surface area contributed by atoms with Gasteiger partial charge in [-0.1, -0.05) is 17.5 Å². The molecule has 1 aliphatic rings. The van der Waals surface area contributed by atoms with Gasteiger partial charge in [0.2, 0.25) is 5.95 Å². The number of fused-ring (bicyclic) bond motifs is 1. The molecule has 4 heterocycles. The summed E-state index contributed by atoms with van der Waals surface area (Å²) in [5.74, 6) is 7.31. The Balaban J connectivity index is 1.68. The molecule has 3 aromatic heterocycles. The lowest BCUT2D eigenvalue weighted by molar-refractivity contribution is 0.122. The number of hydrogen-bond donors (Lipinski definition) is 2. The number of rotatable bonds is 2. The van der Waals surface area contributed by atoms with Gasteiger partial charge in [-0.2, -0.15) is 10.1 Å². The zero-order chi connectivity index (χ0) is 19.0. The van der Waals surface area contributed by atoms with Crippen LogP contribution in [0.1, 0.15) is 24.0 Å². The third-order valence-corrected chi connectivity index (χ3v) is 5.32. The minimum absolute atomic E-state index is 0.158. The minimum atomic E-state index is -1.33. The van der Waals surface area contributed by atoms with E-state index in [0.29, 0.717) is 21.5 Å². The van der Waals surface area contributed by atoms with Gasteiger partial charge in [0.15, 0.2) is 11.4 Å². The van der Waals surface area contributed by atoms with E-state index in [1.165, 1.54) is 17.5 Å². The first kappa shape index (κ1) is 17.7. The molecule has 0 fully saturated rings. The maximum absolute atomic E-state index is 10.5. The highest BCUT2D eigenvalue weighted by molar-refractivity contribution is 7.09. The van der Waals surface area contributed by atoms with Crippen LogP contribution in [0.25, 0.3) is 0 Å². The van der Waals surface area contributed by atoms with Crippen molar-refractivity contribution in [3.63, 3.8) is 0 Å². The smallest absolute Gasteiger partial charge is 0.222 e. The van der Waals surface area contributed by atoms with E-state index < -0.39 is 5.60 Å². The molecule has 1 atom stereocenters. The lowest BCUT2D eigenvalue weighted by Crippen LogP contribution is -2.29. The van der Waals surface area contributed by atoms with Gasteiger partial charge >= 0.3 is 0 Å². The lowest BCUT2D eigenvalue weighted by Gasteiger charge is -2.28. The number of halogens is 1. The van der Waals surface area contributed by atoms with Crippen molar-refractivity contribution in [2.45, 2.75) is 25.5 Å². The van der Waals surface area contributed by atoms with Gasteiger partial charge in [-0.3, -0.25) is 0 Å². The van der Waals surface area contributed by atoms with Gasteiger partial charge in [0.25, 0.3) is 0 Å². The molecule has 27 heavy (non-hydrogen) atoms. The number of nitrogens with two attached hydrogens (primary N) is 1. The van der Waals surface area contributed by atoms with E-state index in [1.807, 2.05) is 15.6 Å². The predicted molar refractivity (Wildman–Crippen MR) is 104 cm³/mol. The van der Waals surface area contributed by atoms with Crippen LogP contribution in [-0.4, -0.2) is 36.4 Å². The normalized spacial score (nSPS) is 15.6. The van der Waals surface area contributed by atoms with Crippen LogP contribution in [0.3, 0.4) is 0 Å². The van der Waals surface area contributed by atoms with Gasteiger partial charge in [-0.25, -0.2) is 14.6 Å². The molecule has 138 valence electrons. The molecule has 0 bridgehead atoms. The minimum Gasteiger partial charge on any atom is -0.371 e. The number of anilines is 3. The van der Waals surface area contributed by atoms with E-state index in [9.17, 15) is 5.11 Å². The number of aliphatic hydroxyl groups is 1. The summed E-state index contributed by atoms with van der Waals surface area (Å²) >= 11 is 7.62. The first-order valence-electron chi connectivity index (χ1n) is 8.23. The number of aromatic nitrogens is 5. The zero-order valence-electron chi connectivity index (χ0n) is 14.4. The van der Waals surface area contributed by atoms with E-state index in [0.717, 1.165) is 25.3 Å². The fourth-order valence-corrected chi connectivity index (χ4v) is 3.67. The van der Waals surface area contributed by atoms with Crippen molar-refractivity contribution in [2.24, 2.45) is 0 Å². The van der Waals surface area contributed by atoms with Crippen LogP contribution >= 0.6 is 22.9 Å². The molecule has 1 unspecified atom stereocenters. The van der Waals surface area contributed by atoms with E-state index in [1.54, 1.807) is 18.5 Å². The Labute approximate surface area is 164 Å². The maximum Gasteiger partial charge on any atom is 0.222 e. The molecule has 3 N–H and O–H groups in total. The van der Waals surface area contributed by atoms with Gasteiger partial charge in [0.1, 0.15) is 21.5 Å². The first-order chi connectivity index (χ1) is 12.9. The van der Waals surface area contributed by atoms with Crippen molar-refractivity contribution in [1.29, 1.82) is 0 Å². The molecule has 1 aliphatic heterocycles. The van der Waals surface area contributed by atoms with E-state index >= 15 is 0 Å². The standard InChI is InChI=1S/C17H16ClN7OS/c1-17(26,15-20-5-8-27-15)4-3-11-9-13-24(6-2-7-25(13)23-11)14-12(18)10-21-16(19)22-14/h5,8-10,26H,2,6-7H2,1H3,(H2,19,21,22). The third-order valence-electron chi connectivity index (χ3n) is 4.07. The van der Waals surface area contributed by atoms with Gasteiger partial charge in [-0.15, -0.1) is 11.3 Å². The molecule has 0 radical (unpaired) electrons. The molecule has 0 spiro atoms. The van der Waals surface area contributed by atoms with Crippen LogP contribution in [0.5, 0.6) is 0 Å². The summed E-state index contributed by atoms with van der Waals surface area (Å²) in [5.41, 5.74) is 4.93. The number of nitrogens with zero attached hydrogens (tertiary/aromatic N) is 6. The van der Waals surface area contributed by atoms with Crippen molar-refractivity contribution in [3.8, 4) is 11.8 Å². The summed E-state index contributed by atoms with van der Waals surface area (Å²) in [6, 6.07) is 1.85. The van der Waals surface area contributed by atoms with E-state index in [4.69, 9.17) is 17.3 Å². The maximum atomic E-state index is 10.5. The Bertz CT molecular complexity index is 1040. The molecule has 0 aliphatic carbocycles. The van der Waals surface area contributed by atoms with E-state index in [-0.39, 0.29) is 5.95 Å². The summed E-state index contributed by atoms with van der Waals surface area (Å²) < 4.78 is 1.85. The third kappa shape index (κ3) is 3.47. The second-order valence-corrected chi connectivity index (χ2v) is 7.48. The number of aryl methyl sites for hydroxylation is 1. The summed E-state index contributed by atoms with van der Waals surface area (Å²) in [5, 5.41) is 17.8.